The van der Waals surface area contributed by atoms with E-state index in [9.17, 15) is 19.7 Å². The lowest BCUT2D eigenvalue weighted by atomic mass is 9.93. The number of carbonyl (C=O) groups excluding carboxylic acids is 2. The Hall–Kier alpha value is -3.42. The van der Waals surface area contributed by atoms with Crippen LogP contribution in [-0.2, 0) is 11.2 Å². The fourth-order valence-corrected chi connectivity index (χ4v) is 2.90. The minimum Gasteiger partial charge on any atom is -0.493 e. The highest BCUT2D eigenvalue weighted by Crippen LogP contribution is 2.37. The van der Waals surface area contributed by atoms with Gasteiger partial charge in [-0.05, 0) is 11.6 Å². The van der Waals surface area contributed by atoms with E-state index in [0.717, 1.165) is 0 Å². The summed E-state index contributed by atoms with van der Waals surface area (Å²) in [6, 6.07) is 8.64. The van der Waals surface area contributed by atoms with E-state index in [1.807, 2.05) is 0 Å². The van der Waals surface area contributed by atoms with Crippen LogP contribution in [0.15, 0.2) is 36.4 Å². The van der Waals surface area contributed by atoms with Gasteiger partial charge in [-0.15, -0.1) is 0 Å². The van der Waals surface area contributed by atoms with Gasteiger partial charge in [-0.25, -0.2) is 4.79 Å². The highest BCUT2D eigenvalue weighted by Gasteiger charge is 2.35. The van der Waals surface area contributed by atoms with Crippen molar-refractivity contribution in [3.05, 3.63) is 63.2 Å². The molecule has 26 heavy (non-hydrogen) atoms. The van der Waals surface area contributed by atoms with Gasteiger partial charge >= 0.3 is 5.97 Å². The number of methoxy groups -OCH3 is 2. The monoisotopic (exact) mass is 357 g/mol. The Morgan fingerprint density at radius 2 is 2.00 bits per heavy atom. The van der Waals surface area contributed by atoms with Crippen LogP contribution in [0.4, 0.5) is 5.69 Å². The molecule has 1 atom stereocenters. The molecule has 8 nitrogen and oxygen atoms in total. The molecule has 2 aromatic carbocycles. The molecule has 0 spiro atoms. The third kappa shape index (κ3) is 2.97. The molecule has 0 aromatic heterocycles. The molecule has 0 fully saturated rings. The lowest BCUT2D eigenvalue weighted by Crippen LogP contribution is -2.34. The number of nitro groups is 1. The third-order valence-corrected chi connectivity index (χ3v) is 4.12. The first-order chi connectivity index (χ1) is 12.5. The van der Waals surface area contributed by atoms with Crippen LogP contribution in [0.5, 0.6) is 11.5 Å². The van der Waals surface area contributed by atoms with E-state index in [0.29, 0.717) is 11.3 Å². The largest absolute Gasteiger partial charge is 0.493 e. The van der Waals surface area contributed by atoms with Gasteiger partial charge in [-0.3, -0.25) is 14.9 Å². The zero-order valence-corrected chi connectivity index (χ0v) is 14.1. The highest BCUT2D eigenvalue weighted by atomic mass is 16.6. The molecule has 0 amide bonds. The van der Waals surface area contributed by atoms with Gasteiger partial charge in [0.05, 0.1) is 19.1 Å². The summed E-state index contributed by atoms with van der Waals surface area (Å²) >= 11 is 0. The minimum absolute atomic E-state index is 0.112. The number of non-ortho nitro benzene ring substituents is 1. The number of Topliss-reactive ketones (excluding diaryl/α,β-unsaturated/α-hetero) is 1. The van der Waals surface area contributed by atoms with Gasteiger partial charge in [0.1, 0.15) is 5.56 Å². The summed E-state index contributed by atoms with van der Waals surface area (Å²) in [6.45, 7) is 0. The molecule has 0 bridgehead atoms. The number of fused-ring (bicyclic) bond motifs is 1. The first-order valence-electron chi connectivity index (χ1n) is 7.69. The molecule has 8 heteroatoms. The molecule has 1 aliphatic rings. The van der Waals surface area contributed by atoms with Crippen LogP contribution in [0.25, 0.3) is 0 Å². The molecule has 0 saturated carbocycles. The maximum Gasteiger partial charge on any atom is 0.343 e. The van der Waals surface area contributed by atoms with E-state index >= 15 is 0 Å². The third-order valence-electron chi connectivity index (χ3n) is 4.12. The molecule has 1 aliphatic heterocycles. The molecule has 1 heterocycles. The maximum absolute atomic E-state index is 12.7. The molecule has 2 aromatic rings. The van der Waals surface area contributed by atoms with Crippen LogP contribution in [0.3, 0.4) is 0 Å². The number of esters is 1. The predicted molar refractivity (Wildman–Crippen MR) is 89.9 cm³/mol. The SMILES string of the molecule is COc1ccc2c(c1OC)C(=O)OC(C(=O)c1cccc([N+](=O)[O-])c1)C2. The van der Waals surface area contributed by atoms with E-state index in [-0.39, 0.29) is 29.0 Å². The lowest BCUT2D eigenvalue weighted by Gasteiger charge is -2.25. The Morgan fingerprint density at radius 1 is 1.23 bits per heavy atom. The summed E-state index contributed by atoms with van der Waals surface area (Å²) in [6.07, 6.45) is -0.918. The van der Waals surface area contributed by atoms with Crippen molar-refractivity contribution in [2.45, 2.75) is 12.5 Å². The molecule has 0 saturated heterocycles. The summed E-state index contributed by atoms with van der Waals surface area (Å²) < 4.78 is 15.7. The number of carbonyl (C=O) groups is 2. The number of cyclic esters (lactones) is 1. The Bertz CT molecular complexity index is 906. The number of ether oxygens (including phenoxy) is 3. The molecule has 0 N–H and O–H groups in total. The molecular formula is C18H15NO7. The Kier molecular flexibility index (Phi) is 4.57. The van der Waals surface area contributed by atoms with Crippen LogP contribution in [0.2, 0.25) is 0 Å². The van der Waals surface area contributed by atoms with Crippen molar-refractivity contribution >= 4 is 17.4 Å². The van der Waals surface area contributed by atoms with Crippen molar-refractivity contribution in [3.8, 4) is 11.5 Å². The zero-order valence-electron chi connectivity index (χ0n) is 14.1. The number of benzene rings is 2. The topological polar surface area (TPSA) is 105 Å². The average molecular weight is 357 g/mol. The van der Waals surface area contributed by atoms with Crippen LogP contribution in [0.1, 0.15) is 26.3 Å². The standard InChI is InChI=1S/C18H15NO7/c1-24-13-7-6-10-9-14(26-18(21)15(10)17(13)25-2)16(20)11-4-3-5-12(8-11)19(22)23/h3-8,14H,9H2,1-2H3. The van der Waals surface area contributed by atoms with Crippen LogP contribution >= 0.6 is 0 Å². The fourth-order valence-electron chi connectivity index (χ4n) is 2.90. The van der Waals surface area contributed by atoms with Crippen molar-refractivity contribution in [2.24, 2.45) is 0 Å². The second-order valence-electron chi connectivity index (χ2n) is 5.60. The number of nitro benzene ring substituents is 1. The van der Waals surface area contributed by atoms with Crippen molar-refractivity contribution in [1.82, 2.24) is 0 Å². The van der Waals surface area contributed by atoms with Gasteiger partial charge in [0.2, 0.25) is 5.78 Å². The van der Waals surface area contributed by atoms with Gasteiger partial charge in [0, 0.05) is 24.1 Å². The van der Waals surface area contributed by atoms with E-state index in [1.54, 1.807) is 12.1 Å². The molecule has 0 radical (unpaired) electrons. The summed E-state index contributed by atoms with van der Waals surface area (Å²) in [5.41, 5.74) is 0.711. The summed E-state index contributed by atoms with van der Waals surface area (Å²) in [5, 5.41) is 10.9. The number of nitrogens with zero attached hydrogens (tertiary/aromatic N) is 1. The molecule has 3 rings (SSSR count). The zero-order chi connectivity index (χ0) is 18.8. The summed E-state index contributed by atoms with van der Waals surface area (Å²) in [4.78, 5) is 35.4. The number of hydrogen-bond donors (Lipinski definition) is 0. The number of hydrogen-bond acceptors (Lipinski definition) is 7. The number of ketones is 1. The summed E-state index contributed by atoms with van der Waals surface area (Å²) in [7, 11) is 2.86. The quantitative estimate of drug-likeness (QED) is 0.350. The second-order valence-corrected chi connectivity index (χ2v) is 5.60. The average Bonchev–Trinajstić information content (AvgIpc) is 2.66. The predicted octanol–water partition coefficient (Wildman–Crippen LogP) is 2.58. The molecular weight excluding hydrogens is 342 g/mol. The molecule has 1 unspecified atom stereocenters. The highest BCUT2D eigenvalue weighted by molar-refractivity contribution is 6.04. The first-order valence-corrected chi connectivity index (χ1v) is 7.69. The second kappa shape index (κ2) is 6.83. The van der Waals surface area contributed by atoms with Crippen LogP contribution < -0.4 is 9.47 Å². The lowest BCUT2D eigenvalue weighted by molar-refractivity contribution is -0.384. The first kappa shape index (κ1) is 17.4. The Balaban J connectivity index is 1.94. The van der Waals surface area contributed by atoms with Crippen LogP contribution in [-0.4, -0.2) is 37.0 Å². The maximum atomic E-state index is 12.7. The van der Waals surface area contributed by atoms with E-state index in [1.165, 1.54) is 38.5 Å². The Morgan fingerprint density at radius 3 is 2.65 bits per heavy atom. The summed E-state index contributed by atoms with van der Waals surface area (Å²) in [5.74, 6) is -0.573. The minimum atomic E-state index is -1.06. The van der Waals surface area contributed by atoms with Crippen LogP contribution in [0, 0.1) is 10.1 Å². The smallest absolute Gasteiger partial charge is 0.343 e. The van der Waals surface area contributed by atoms with E-state index in [4.69, 9.17) is 14.2 Å². The Labute approximate surface area is 148 Å². The molecule has 134 valence electrons. The van der Waals surface area contributed by atoms with Crippen molar-refractivity contribution in [1.29, 1.82) is 0 Å². The van der Waals surface area contributed by atoms with Gasteiger partial charge in [0.15, 0.2) is 17.6 Å². The normalized spacial score (nSPS) is 15.6. The fraction of sp³-hybridized carbons (Fsp3) is 0.222. The van der Waals surface area contributed by atoms with Crippen molar-refractivity contribution in [3.63, 3.8) is 0 Å². The van der Waals surface area contributed by atoms with Gasteiger partial charge in [-0.2, -0.15) is 0 Å². The van der Waals surface area contributed by atoms with Crippen molar-refractivity contribution in [2.75, 3.05) is 14.2 Å². The van der Waals surface area contributed by atoms with Gasteiger partial charge < -0.3 is 14.2 Å². The van der Waals surface area contributed by atoms with Crippen molar-refractivity contribution < 1.29 is 28.7 Å². The molecule has 0 aliphatic carbocycles. The number of rotatable bonds is 5. The van der Waals surface area contributed by atoms with E-state index < -0.39 is 22.8 Å². The van der Waals surface area contributed by atoms with Gasteiger partial charge in [-0.1, -0.05) is 18.2 Å². The van der Waals surface area contributed by atoms with Gasteiger partial charge in [0.25, 0.3) is 5.69 Å². The van der Waals surface area contributed by atoms with E-state index in [2.05, 4.69) is 0 Å².